The zero-order valence-corrected chi connectivity index (χ0v) is 11.1. The van der Waals surface area contributed by atoms with Gasteiger partial charge in [0.05, 0.1) is 6.04 Å². The fourth-order valence-corrected chi connectivity index (χ4v) is 1.67. The minimum absolute atomic E-state index is 0.138. The summed E-state index contributed by atoms with van der Waals surface area (Å²) >= 11 is 0. The van der Waals surface area contributed by atoms with E-state index in [1.807, 2.05) is 63.1 Å². The largest absolute Gasteiger partial charge is 0.335 e. The van der Waals surface area contributed by atoms with E-state index in [1.165, 1.54) is 0 Å². The van der Waals surface area contributed by atoms with Crippen LogP contribution in [0.2, 0.25) is 0 Å². The van der Waals surface area contributed by atoms with Crippen molar-refractivity contribution in [3.8, 4) is 0 Å². The van der Waals surface area contributed by atoms with Gasteiger partial charge in [0.25, 0.3) is 0 Å². The Bertz CT molecular complexity index is 348. The Morgan fingerprint density at radius 1 is 1.24 bits per heavy atom. The molecule has 0 saturated carbocycles. The van der Waals surface area contributed by atoms with Crippen LogP contribution in [0, 0.1) is 0 Å². The SMILES string of the molecule is CNC(C)C(=O)N(Cc1ccccc1)C(C)C. The highest BCUT2D eigenvalue weighted by Crippen LogP contribution is 2.09. The van der Waals surface area contributed by atoms with Crippen molar-refractivity contribution in [2.24, 2.45) is 0 Å². The Balaban J connectivity index is 2.77. The van der Waals surface area contributed by atoms with E-state index in [-0.39, 0.29) is 18.0 Å². The van der Waals surface area contributed by atoms with Gasteiger partial charge >= 0.3 is 0 Å². The van der Waals surface area contributed by atoms with Gasteiger partial charge in [0.2, 0.25) is 5.91 Å². The van der Waals surface area contributed by atoms with Crippen LogP contribution >= 0.6 is 0 Å². The summed E-state index contributed by atoms with van der Waals surface area (Å²) in [6, 6.07) is 10.2. The van der Waals surface area contributed by atoms with Gasteiger partial charge in [-0.2, -0.15) is 0 Å². The number of nitrogens with zero attached hydrogens (tertiary/aromatic N) is 1. The number of amides is 1. The Morgan fingerprint density at radius 2 is 1.82 bits per heavy atom. The minimum atomic E-state index is -0.138. The summed E-state index contributed by atoms with van der Waals surface area (Å²) in [5.41, 5.74) is 1.16. The first kappa shape index (κ1) is 13.7. The van der Waals surface area contributed by atoms with Gasteiger partial charge in [-0.25, -0.2) is 0 Å². The lowest BCUT2D eigenvalue weighted by Gasteiger charge is -2.29. The Morgan fingerprint density at radius 3 is 2.29 bits per heavy atom. The van der Waals surface area contributed by atoms with Gasteiger partial charge in [-0.15, -0.1) is 0 Å². The van der Waals surface area contributed by atoms with Crippen LogP contribution in [0.15, 0.2) is 30.3 Å². The van der Waals surface area contributed by atoms with Gasteiger partial charge in [-0.1, -0.05) is 30.3 Å². The molecule has 17 heavy (non-hydrogen) atoms. The summed E-state index contributed by atoms with van der Waals surface area (Å²) in [5, 5.41) is 2.99. The van der Waals surface area contributed by atoms with E-state index in [0.717, 1.165) is 5.56 Å². The molecule has 3 heteroatoms. The maximum absolute atomic E-state index is 12.2. The van der Waals surface area contributed by atoms with Crippen molar-refractivity contribution in [1.29, 1.82) is 0 Å². The van der Waals surface area contributed by atoms with Crippen molar-refractivity contribution in [2.45, 2.75) is 39.4 Å². The molecule has 0 aliphatic carbocycles. The van der Waals surface area contributed by atoms with Crippen LogP contribution in [0.5, 0.6) is 0 Å². The third kappa shape index (κ3) is 3.86. The zero-order valence-electron chi connectivity index (χ0n) is 11.1. The normalized spacial score (nSPS) is 12.5. The summed E-state index contributed by atoms with van der Waals surface area (Å²) in [7, 11) is 1.81. The number of carbonyl (C=O) groups excluding carboxylic acids is 1. The van der Waals surface area contributed by atoms with E-state index in [2.05, 4.69) is 5.32 Å². The Hall–Kier alpha value is -1.35. The molecular formula is C14H22N2O. The summed E-state index contributed by atoms with van der Waals surface area (Å²) < 4.78 is 0. The molecule has 0 aliphatic heterocycles. The molecule has 0 aromatic heterocycles. The van der Waals surface area contributed by atoms with Crippen LogP contribution in [0.1, 0.15) is 26.3 Å². The number of hydrogen-bond donors (Lipinski definition) is 1. The highest BCUT2D eigenvalue weighted by Gasteiger charge is 2.21. The first-order valence-electron chi connectivity index (χ1n) is 6.08. The molecule has 1 N–H and O–H groups in total. The molecule has 0 fully saturated rings. The summed E-state index contributed by atoms with van der Waals surface area (Å²) in [4.78, 5) is 14.1. The molecule has 1 aromatic rings. The van der Waals surface area contributed by atoms with Crippen molar-refractivity contribution >= 4 is 5.91 Å². The number of rotatable bonds is 5. The minimum Gasteiger partial charge on any atom is -0.335 e. The third-order valence-corrected chi connectivity index (χ3v) is 2.91. The zero-order chi connectivity index (χ0) is 12.8. The van der Waals surface area contributed by atoms with Crippen LogP contribution < -0.4 is 5.32 Å². The summed E-state index contributed by atoms with van der Waals surface area (Å²) in [5.74, 6) is 0.145. The number of benzene rings is 1. The molecule has 0 radical (unpaired) electrons. The predicted octanol–water partition coefficient (Wildman–Crippen LogP) is 2.03. The van der Waals surface area contributed by atoms with E-state index in [9.17, 15) is 4.79 Å². The van der Waals surface area contributed by atoms with Gasteiger partial charge in [-0.3, -0.25) is 4.79 Å². The molecule has 0 spiro atoms. The van der Waals surface area contributed by atoms with Gasteiger partial charge in [0.1, 0.15) is 0 Å². The van der Waals surface area contributed by atoms with E-state index in [4.69, 9.17) is 0 Å². The maximum atomic E-state index is 12.2. The lowest BCUT2D eigenvalue weighted by molar-refractivity contribution is -0.135. The van der Waals surface area contributed by atoms with E-state index < -0.39 is 0 Å². The van der Waals surface area contributed by atoms with Crippen LogP contribution in [-0.4, -0.2) is 29.9 Å². The Kier molecular flexibility index (Phi) is 5.16. The highest BCUT2D eigenvalue weighted by molar-refractivity contribution is 5.81. The quantitative estimate of drug-likeness (QED) is 0.845. The first-order valence-corrected chi connectivity index (χ1v) is 6.08. The molecule has 1 aromatic carbocycles. The average molecular weight is 234 g/mol. The molecule has 94 valence electrons. The van der Waals surface area contributed by atoms with Crippen molar-refractivity contribution in [3.63, 3.8) is 0 Å². The number of hydrogen-bond acceptors (Lipinski definition) is 2. The van der Waals surface area contributed by atoms with Crippen LogP contribution in [0.4, 0.5) is 0 Å². The lowest BCUT2D eigenvalue weighted by Crippen LogP contribution is -2.46. The smallest absolute Gasteiger partial charge is 0.239 e. The second-order valence-electron chi connectivity index (χ2n) is 4.56. The highest BCUT2D eigenvalue weighted by atomic mass is 16.2. The summed E-state index contributed by atoms with van der Waals surface area (Å²) in [6.45, 7) is 6.65. The third-order valence-electron chi connectivity index (χ3n) is 2.91. The first-order chi connectivity index (χ1) is 8.06. The molecule has 1 atom stereocenters. The molecule has 3 nitrogen and oxygen atoms in total. The van der Waals surface area contributed by atoms with Gasteiger partial charge in [0.15, 0.2) is 0 Å². The van der Waals surface area contributed by atoms with Crippen LogP contribution in [0.25, 0.3) is 0 Å². The van der Waals surface area contributed by atoms with Crippen molar-refractivity contribution in [2.75, 3.05) is 7.05 Å². The van der Waals surface area contributed by atoms with Gasteiger partial charge < -0.3 is 10.2 Å². The molecular weight excluding hydrogens is 212 g/mol. The molecule has 1 unspecified atom stereocenters. The van der Waals surface area contributed by atoms with Crippen molar-refractivity contribution in [3.05, 3.63) is 35.9 Å². The standard InChI is InChI=1S/C14H22N2O/c1-11(2)16(14(17)12(3)15-4)10-13-8-6-5-7-9-13/h5-9,11-12,15H,10H2,1-4H3. The molecule has 0 aliphatic rings. The van der Waals surface area contributed by atoms with Gasteiger partial charge in [0, 0.05) is 12.6 Å². The fraction of sp³-hybridized carbons (Fsp3) is 0.500. The second kappa shape index (κ2) is 6.40. The van der Waals surface area contributed by atoms with Crippen LogP contribution in [-0.2, 0) is 11.3 Å². The van der Waals surface area contributed by atoms with Crippen LogP contribution in [0.3, 0.4) is 0 Å². The average Bonchev–Trinajstić information content (AvgIpc) is 2.35. The van der Waals surface area contributed by atoms with E-state index >= 15 is 0 Å². The lowest BCUT2D eigenvalue weighted by atomic mass is 10.1. The summed E-state index contributed by atoms with van der Waals surface area (Å²) in [6.07, 6.45) is 0. The monoisotopic (exact) mass is 234 g/mol. The van der Waals surface area contributed by atoms with E-state index in [0.29, 0.717) is 6.54 Å². The Labute approximate surface area is 104 Å². The predicted molar refractivity (Wildman–Crippen MR) is 70.6 cm³/mol. The molecule has 0 saturated heterocycles. The number of likely N-dealkylation sites (N-methyl/N-ethyl adjacent to an activating group) is 1. The van der Waals surface area contributed by atoms with Gasteiger partial charge in [-0.05, 0) is 33.4 Å². The maximum Gasteiger partial charge on any atom is 0.239 e. The van der Waals surface area contributed by atoms with Crippen molar-refractivity contribution in [1.82, 2.24) is 10.2 Å². The molecule has 1 rings (SSSR count). The van der Waals surface area contributed by atoms with E-state index in [1.54, 1.807) is 0 Å². The molecule has 0 bridgehead atoms. The molecule has 1 amide bonds. The second-order valence-corrected chi connectivity index (χ2v) is 4.56. The topological polar surface area (TPSA) is 32.3 Å². The molecule has 0 heterocycles. The van der Waals surface area contributed by atoms with Crippen molar-refractivity contribution < 1.29 is 4.79 Å². The number of carbonyl (C=O) groups is 1. The number of nitrogens with one attached hydrogen (secondary N) is 1. The fourth-order valence-electron chi connectivity index (χ4n) is 1.67.